The summed E-state index contributed by atoms with van der Waals surface area (Å²) in [5.74, 6) is -0.760. The SMILES string of the molecule is CCCNC(=O)[C@H](CC)N(Cc1ccc(C)cc1)C(=O)CN(c1cccc(Cl)c1C)S(=O)(=O)c1ccccc1. The molecule has 1 atom stereocenters. The molecular weight excluding hydrogens is 534 g/mol. The van der Waals surface area contributed by atoms with Crippen LogP contribution in [0.3, 0.4) is 0 Å². The number of carbonyl (C=O) groups is 2. The van der Waals surface area contributed by atoms with Gasteiger partial charge in [0.25, 0.3) is 10.0 Å². The Kier molecular flexibility index (Phi) is 10.5. The zero-order valence-corrected chi connectivity index (χ0v) is 24.4. The monoisotopic (exact) mass is 569 g/mol. The van der Waals surface area contributed by atoms with Crippen LogP contribution in [0.5, 0.6) is 0 Å². The molecule has 2 amide bonds. The molecule has 3 rings (SSSR count). The summed E-state index contributed by atoms with van der Waals surface area (Å²) in [6, 6.07) is 19.9. The van der Waals surface area contributed by atoms with Crippen LogP contribution in [0.2, 0.25) is 5.02 Å². The maximum Gasteiger partial charge on any atom is 0.264 e. The second kappa shape index (κ2) is 13.6. The number of amides is 2. The average molecular weight is 570 g/mol. The minimum Gasteiger partial charge on any atom is -0.354 e. The number of rotatable bonds is 12. The highest BCUT2D eigenvalue weighted by molar-refractivity contribution is 7.92. The first-order valence-corrected chi connectivity index (χ1v) is 14.9. The fraction of sp³-hybridized carbons (Fsp3) is 0.333. The minimum atomic E-state index is -4.14. The Bertz CT molecular complexity index is 1380. The lowest BCUT2D eigenvalue weighted by molar-refractivity contribution is -0.140. The van der Waals surface area contributed by atoms with E-state index in [1.54, 1.807) is 43.3 Å². The van der Waals surface area contributed by atoms with Gasteiger partial charge in [0, 0.05) is 18.1 Å². The van der Waals surface area contributed by atoms with Gasteiger partial charge in [-0.2, -0.15) is 0 Å². The van der Waals surface area contributed by atoms with Gasteiger partial charge in [0.15, 0.2) is 0 Å². The highest BCUT2D eigenvalue weighted by Gasteiger charge is 2.34. The van der Waals surface area contributed by atoms with Crippen LogP contribution in [-0.4, -0.2) is 44.3 Å². The van der Waals surface area contributed by atoms with E-state index in [2.05, 4.69) is 5.32 Å². The predicted molar refractivity (Wildman–Crippen MR) is 156 cm³/mol. The molecule has 0 radical (unpaired) electrons. The molecule has 0 bridgehead atoms. The third-order valence-electron chi connectivity index (χ3n) is 6.53. The second-order valence-corrected chi connectivity index (χ2v) is 11.7. The number of hydrogen-bond acceptors (Lipinski definition) is 4. The van der Waals surface area contributed by atoms with Crippen LogP contribution < -0.4 is 9.62 Å². The molecule has 0 heterocycles. The summed E-state index contributed by atoms with van der Waals surface area (Å²) in [4.78, 5) is 28.7. The van der Waals surface area contributed by atoms with Crippen molar-refractivity contribution in [2.75, 3.05) is 17.4 Å². The molecule has 0 spiro atoms. The number of halogens is 1. The third-order valence-corrected chi connectivity index (χ3v) is 8.71. The molecule has 0 aromatic heterocycles. The van der Waals surface area contributed by atoms with Crippen LogP contribution in [0.1, 0.15) is 43.4 Å². The molecule has 7 nitrogen and oxygen atoms in total. The van der Waals surface area contributed by atoms with Gasteiger partial charge >= 0.3 is 0 Å². The number of sulfonamides is 1. The zero-order chi connectivity index (χ0) is 28.6. The van der Waals surface area contributed by atoms with Crippen LogP contribution in [0, 0.1) is 13.8 Å². The molecule has 0 aliphatic heterocycles. The normalized spacial score (nSPS) is 12.0. The van der Waals surface area contributed by atoms with Crippen molar-refractivity contribution in [1.82, 2.24) is 10.2 Å². The lowest BCUT2D eigenvalue weighted by atomic mass is 10.1. The summed E-state index contributed by atoms with van der Waals surface area (Å²) < 4.78 is 28.9. The Labute approximate surface area is 236 Å². The van der Waals surface area contributed by atoms with E-state index < -0.39 is 28.5 Å². The largest absolute Gasteiger partial charge is 0.354 e. The summed E-state index contributed by atoms with van der Waals surface area (Å²) in [6.45, 7) is 7.62. The maximum atomic E-state index is 14.1. The van der Waals surface area contributed by atoms with Crippen molar-refractivity contribution in [2.24, 2.45) is 0 Å². The summed E-state index contributed by atoms with van der Waals surface area (Å²) >= 11 is 6.37. The Hall–Kier alpha value is -3.36. The zero-order valence-electron chi connectivity index (χ0n) is 22.9. The van der Waals surface area contributed by atoms with Crippen LogP contribution >= 0.6 is 11.6 Å². The lowest BCUT2D eigenvalue weighted by Crippen LogP contribution is -2.52. The van der Waals surface area contributed by atoms with Crippen LogP contribution in [0.4, 0.5) is 5.69 Å². The number of benzene rings is 3. The van der Waals surface area contributed by atoms with Gasteiger partial charge in [-0.05, 0) is 62.1 Å². The number of anilines is 1. The Morgan fingerprint density at radius 2 is 1.59 bits per heavy atom. The van der Waals surface area contributed by atoms with Crippen molar-refractivity contribution in [2.45, 2.75) is 58.0 Å². The van der Waals surface area contributed by atoms with Crippen molar-refractivity contribution < 1.29 is 18.0 Å². The number of nitrogens with zero attached hydrogens (tertiary/aromatic N) is 2. The van der Waals surface area contributed by atoms with Crippen LogP contribution in [0.15, 0.2) is 77.7 Å². The smallest absolute Gasteiger partial charge is 0.264 e. The molecular formula is C30H36ClN3O4S. The van der Waals surface area contributed by atoms with Gasteiger partial charge in [-0.1, -0.05) is 79.5 Å². The van der Waals surface area contributed by atoms with Gasteiger partial charge < -0.3 is 10.2 Å². The van der Waals surface area contributed by atoms with Crippen molar-refractivity contribution in [3.05, 3.63) is 94.5 Å². The summed E-state index contributed by atoms with van der Waals surface area (Å²) in [5.41, 5.74) is 2.75. The van der Waals surface area contributed by atoms with Crippen molar-refractivity contribution in [1.29, 1.82) is 0 Å². The van der Waals surface area contributed by atoms with E-state index in [0.717, 1.165) is 21.9 Å². The molecule has 39 heavy (non-hydrogen) atoms. The lowest BCUT2D eigenvalue weighted by Gasteiger charge is -2.33. The predicted octanol–water partition coefficient (Wildman–Crippen LogP) is 5.49. The van der Waals surface area contributed by atoms with Gasteiger partial charge in [-0.25, -0.2) is 8.42 Å². The Morgan fingerprint density at radius 1 is 0.923 bits per heavy atom. The highest BCUT2D eigenvalue weighted by atomic mass is 35.5. The van der Waals surface area contributed by atoms with Gasteiger partial charge in [0.05, 0.1) is 10.6 Å². The molecule has 208 valence electrons. The topological polar surface area (TPSA) is 86.8 Å². The fourth-order valence-electron chi connectivity index (χ4n) is 4.27. The summed E-state index contributed by atoms with van der Waals surface area (Å²) in [5, 5.41) is 3.27. The molecule has 0 unspecified atom stereocenters. The number of aryl methyl sites for hydroxylation is 1. The molecule has 0 aliphatic rings. The number of nitrogens with one attached hydrogen (secondary N) is 1. The first-order chi connectivity index (χ1) is 18.6. The standard InChI is InChI=1S/C30H36ClN3O4S/c1-5-19-32-30(36)27(6-2)33(20-24-17-15-22(3)16-18-24)29(35)21-34(28-14-10-13-26(31)23(28)4)39(37,38)25-11-8-7-9-12-25/h7-18,27H,5-6,19-21H2,1-4H3,(H,32,36)/t27-/m0/s1. The molecule has 0 saturated heterocycles. The third kappa shape index (κ3) is 7.40. The van der Waals surface area contributed by atoms with E-state index in [-0.39, 0.29) is 17.3 Å². The van der Waals surface area contributed by atoms with E-state index in [9.17, 15) is 18.0 Å². The molecule has 0 fully saturated rings. The molecule has 0 aliphatic carbocycles. The van der Waals surface area contributed by atoms with Crippen molar-refractivity contribution >= 4 is 39.1 Å². The summed E-state index contributed by atoms with van der Waals surface area (Å²) in [7, 11) is -4.14. The van der Waals surface area contributed by atoms with Gasteiger partial charge in [-0.3, -0.25) is 13.9 Å². The van der Waals surface area contributed by atoms with Gasteiger partial charge in [-0.15, -0.1) is 0 Å². The van der Waals surface area contributed by atoms with E-state index in [1.165, 1.54) is 17.0 Å². The molecule has 1 N–H and O–H groups in total. The number of hydrogen-bond donors (Lipinski definition) is 1. The highest BCUT2D eigenvalue weighted by Crippen LogP contribution is 2.31. The van der Waals surface area contributed by atoms with Gasteiger partial charge in [0.1, 0.15) is 12.6 Å². The molecule has 9 heteroatoms. The van der Waals surface area contributed by atoms with Crippen LogP contribution in [-0.2, 0) is 26.2 Å². The fourth-order valence-corrected chi connectivity index (χ4v) is 5.94. The maximum absolute atomic E-state index is 14.1. The Morgan fingerprint density at radius 3 is 2.21 bits per heavy atom. The van der Waals surface area contributed by atoms with Gasteiger partial charge in [0.2, 0.25) is 11.8 Å². The quantitative estimate of drug-likeness (QED) is 0.313. The first kappa shape index (κ1) is 30.2. The Balaban J connectivity index is 2.08. The molecule has 3 aromatic carbocycles. The first-order valence-electron chi connectivity index (χ1n) is 13.1. The minimum absolute atomic E-state index is 0.0509. The van der Waals surface area contributed by atoms with E-state index in [4.69, 9.17) is 11.6 Å². The molecule has 0 saturated carbocycles. The van der Waals surface area contributed by atoms with Crippen molar-refractivity contribution in [3.8, 4) is 0 Å². The van der Waals surface area contributed by atoms with E-state index in [0.29, 0.717) is 29.2 Å². The molecule has 3 aromatic rings. The second-order valence-electron chi connectivity index (χ2n) is 9.43. The van der Waals surface area contributed by atoms with E-state index in [1.807, 2.05) is 45.0 Å². The summed E-state index contributed by atoms with van der Waals surface area (Å²) in [6.07, 6.45) is 1.13. The van der Waals surface area contributed by atoms with Crippen LogP contribution in [0.25, 0.3) is 0 Å². The number of carbonyl (C=O) groups excluding carboxylic acids is 2. The van der Waals surface area contributed by atoms with Crippen molar-refractivity contribution in [3.63, 3.8) is 0 Å². The average Bonchev–Trinajstić information content (AvgIpc) is 2.93. The van der Waals surface area contributed by atoms with E-state index >= 15 is 0 Å².